The van der Waals surface area contributed by atoms with Crippen LogP contribution in [0.4, 0.5) is 0 Å². The molecule has 3 aromatic carbocycles. The van der Waals surface area contributed by atoms with Gasteiger partial charge in [-0.05, 0) is 105 Å². The predicted molar refractivity (Wildman–Crippen MR) is 138 cm³/mol. The van der Waals surface area contributed by atoms with Crippen LogP contribution < -0.4 is 9.47 Å². The van der Waals surface area contributed by atoms with Crippen LogP contribution in [0, 0.1) is 6.42 Å². The second-order valence-corrected chi connectivity index (χ2v) is 10.1. The van der Waals surface area contributed by atoms with Crippen molar-refractivity contribution >= 4 is 31.9 Å². The molecule has 0 spiro atoms. The van der Waals surface area contributed by atoms with Gasteiger partial charge in [0.25, 0.3) is 5.89 Å². The first kappa shape index (κ1) is 23.1. The fraction of sp³-hybridized carbons (Fsp3) is 0.222. The summed E-state index contributed by atoms with van der Waals surface area (Å²) < 4.78 is 19.7. The average Bonchev–Trinajstić information content (AvgIpc) is 3.51. The van der Waals surface area contributed by atoms with E-state index in [1.54, 1.807) is 0 Å². The summed E-state index contributed by atoms with van der Waals surface area (Å²) in [7, 11) is 0. The van der Waals surface area contributed by atoms with Gasteiger partial charge < -0.3 is 14.0 Å². The quantitative estimate of drug-likeness (QED) is 0.219. The maximum absolute atomic E-state index is 6.32. The Morgan fingerprint density at radius 2 is 1.88 bits per heavy atom. The summed E-state index contributed by atoms with van der Waals surface area (Å²) in [5.41, 5.74) is 4.48. The lowest BCUT2D eigenvalue weighted by Gasteiger charge is -2.17. The van der Waals surface area contributed by atoms with Gasteiger partial charge in [0.1, 0.15) is 11.5 Å². The molecule has 1 radical (unpaired) electrons. The van der Waals surface area contributed by atoms with Gasteiger partial charge in [-0.25, -0.2) is 0 Å². The molecule has 1 aliphatic rings. The van der Waals surface area contributed by atoms with Crippen molar-refractivity contribution in [2.24, 2.45) is 0 Å². The summed E-state index contributed by atoms with van der Waals surface area (Å²) in [4.78, 5) is 4.45. The third kappa shape index (κ3) is 4.77. The molecule has 7 heteroatoms. The van der Waals surface area contributed by atoms with E-state index in [2.05, 4.69) is 68.3 Å². The van der Waals surface area contributed by atoms with E-state index in [4.69, 9.17) is 14.0 Å². The molecule has 0 bridgehead atoms. The number of aromatic nitrogens is 2. The Morgan fingerprint density at radius 1 is 1.06 bits per heavy atom. The van der Waals surface area contributed by atoms with E-state index < -0.39 is 0 Å². The van der Waals surface area contributed by atoms with Crippen LogP contribution in [0.5, 0.6) is 17.2 Å². The first-order chi connectivity index (χ1) is 16.5. The van der Waals surface area contributed by atoms with Gasteiger partial charge >= 0.3 is 0 Å². The average molecular weight is 583 g/mol. The molecule has 1 aromatic heterocycles. The molecule has 4 aromatic rings. The summed E-state index contributed by atoms with van der Waals surface area (Å²) in [6.07, 6.45) is 4.33. The summed E-state index contributed by atoms with van der Waals surface area (Å²) >= 11 is 7.42. The van der Waals surface area contributed by atoms with Crippen molar-refractivity contribution in [2.75, 3.05) is 0 Å². The SMILES string of the molecule is CC(C)c1cc(Oc2c(Br)cc3c(c2Br)CC[CH]3)ccc1OCc1noc(-c2ccccc2)n1. The maximum atomic E-state index is 6.32. The van der Waals surface area contributed by atoms with E-state index >= 15 is 0 Å². The van der Waals surface area contributed by atoms with Gasteiger partial charge in [-0.1, -0.05) is 37.2 Å². The Hall–Kier alpha value is -2.64. The number of benzene rings is 3. The molecule has 0 atom stereocenters. The van der Waals surface area contributed by atoms with E-state index in [-0.39, 0.29) is 12.5 Å². The predicted octanol–water partition coefficient (Wildman–Crippen LogP) is 8.25. The van der Waals surface area contributed by atoms with Gasteiger partial charge in [0.2, 0.25) is 5.82 Å². The molecule has 0 saturated heterocycles. The Kier molecular flexibility index (Phi) is 6.75. The highest BCUT2D eigenvalue weighted by atomic mass is 79.9. The van der Waals surface area contributed by atoms with E-state index in [1.807, 2.05) is 48.5 Å². The number of hydrogen-bond donors (Lipinski definition) is 0. The van der Waals surface area contributed by atoms with Crippen molar-refractivity contribution < 1.29 is 14.0 Å². The topological polar surface area (TPSA) is 57.4 Å². The number of rotatable bonds is 7. The molecule has 0 fully saturated rings. The fourth-order valence-electron chi connectivity index (χ4n) is 4.00. The zero-order chi connectivity index (χ0) is 23.7. The Bertz CT molecular complexity index is 1320. The maximum Gasteiger partial charge on any atom is 0.258 e. The number of hydrogen-bond acceptors (Lipinski definition) is 5. The molecule has 173 valence electrons. The van der Waals surface area contributed by atoms with Crippen molar-refractivity contribution in [2.45, 2.75) is 39.2 Å². The van der Waals surface area contributed by atoms with Crippen molar-refractivity contribution in [3.05, 3.63) is 92.5 Å². The van der Waals surface area contributed by atoms with Crippen molar-refractivity contribution in [1.82, 2.24) is 10.1 Å². The standard InChI is InChI=1S/C27H23Br2N2O3/c1-16(2)21-14-19(33-26-22(28)13-18-9-6-10-20(18)25(26)29)11-12-23(21)32-15-24-30-27(34-31-24)17-7-4-3-5-8-17/h3-5,7-9,11-14,16H,6,10,15H2,1-2H3. The van der Waals surface area contributed by atoms with Crippen LogP contribution in [0.1, 0.15) is 48.7 Å². The lowest BCUT2D eigenvalue weighted by molar-refractivity contribution is 0.283. The second kappa shape index (κ2) is 9.92. The first-order valence-corrected chi connectivity index (χ1v) is 12.7. The van der Waals surface area contributed by atoms with Gasteiger partial charge in [-0.15, -0.1) is 0 Å². The lowest BCUT2D eigenvalue weighted by Crippen LogP contribution is -2.02. The molecule has 5 rings (SSSR count). The highest BCUT2D eigenvalue weighted by Crippen LogP contribution is 2.44. The summed E-state index contributed by atoms with van der Waals surface area (Å²) in [6, 6.07) is 17.7. The Balaban J connectivity index is 1.34. The summed E-state index contributed by atoms with van der Waals surface area (Å²) in [5.74, 6) is 3.54. The van der Waals surface area contributed by atoms with Gasteiger partial charge in [0, 0.05) is 11.1 Å². The van der Waals surface area contributed by atoms with E-state index in [9.17, 15) is 0 Å². The van der Waals surface area contributed by atoms with Crippen LogP contribution in [0.15, 0.2) is 68.1 Å². The second-order valence-electron chi connectivity index (χ2n) is 8.44. The van der Waals surface area contributed by atoms with Crippen molar-refractivity contribution in [3.8, 4) is 28.7 Å². The molecular formula is C27H23Br2N2O3. The number of halogens is 2. The largest absolute Gasteiger partial charge is 0.485 e. The van der Waals surface area contributed by atoms with Crippen LogP contribution in [0.3, 0.4) is 0 Å². The molecule has 0 amide bonds. The molecule has 0 saturated carbocycles. The van der Waals surface area contributed by atoms with Gasteiger partial charge in [-0.3, -0.25) is 0 Å². The number of nitrogens with zero attached hydrogens (tertiary/aromatic N) is 2. The summed E-state index contributed by atoms with van der Waals surface area (Å²) in [6.45, 7) is 4.48. The molecule has 1 aliphatic carbocycles. The first-order valence-electron chi connectivity index (χ1n) is 11.2. The minimum atomic E-state index is 0.217. The van der Waals surface area contributed by atoms with Crippen molar-refractivity contribution in [1.29, 1.82) is 0 Å². The highest BCUT2D eigenvalue weighted by molar-refractivity contribution is 9.11. The molecule has 34 heavy (non-hydrogen) atoms. The van der Waals surface area contributed by atoms with Crippen LogP contribution in [0.2, 0.25) is 0 Å². The Morgan fingerprint density at radius 3 is 2.68 bits per heavy atom. The van der Waals surface area contributed by atoms with Crippen LogP contribution in [0.25, 0.3) is 11.5 Å². The molecule has 0 unspecified atom stereocenters. The fourth-order valence-corrected chi connectivity index (χ4v) is 5.52. The molecule has 0 N–H and O–H groups in total. The van der Waals surface area contributed by atoms with Gasteiger partial charge in [-0.2, -0.15) is 4.98 Å². The number of ether oxygens (including phenoxy) is 2. The molecule has 0 aliphatic heterocycles. The smallest absolute Gasteiger partial charge is 0.258 e. The lowest BCUT2D eigenvalue weighted by atomic mass is 10.0. The number of fused-ring (bicyclic) bond motifs is 1. The zero-order valence-electron chi connectivity index (χ0n) is 18.8. The molecule has 1 heterocycles. The third-order valence-electron chi connectivity index (χ3n) is 5.74. The van der Waals surface area contributed by atoms with E-state index in [0.29, 0.717) is 11.7 Å². The van der Waals surface area contributed by atoms with E-state index in [0.717, 1.165) is 50.2 Å². The molecular weight excluding hydrogens is 560 g/mol. The van der Waals surface area contributed by atoms with Crippen molar-refractivity contribution in [3.63, 3.8) is 0 Å². The zero-order valence-corrected chi connectivity index (χ0v) is 22.0. The third-order valence-corrected chi connectivity index (χ3v) is 7.17. The Labute approximate surface area is 215 Å². The van der Waals surface area contributed by atoms with Gasteiger partial charge in [0.15, 0.2) is 12.4 Å². The molecule has 5 nitrogen and oxygen atoms in total. The van der Waals surface area contributed by atoms with E-state index in [1.165, 1.54) is 11.1 Å². The minimum absolute atomic E-state index is 0.217. The highest BCUT2D eigenvalue weighted by Gasteiger charge is 2.21. The van der Waals surface area contributed by atoms with Crippen LogP contribution in [-0.2, 0) is 13.0 Å². The van der Waals surface area contributed by atoms with Crippen LogP contribution in [-0.4, -0.2) is 10.1 Å². The van der Waals surface area contributed by atoms with Crippen LogP contribution >= 0.6 is 31.9 Å². The summed E-state index contributed by atoms with van der Waals surface area (Å²) in [5, 5.41) is 4.05. The van der Waals surface area contributed by atoms with Gasteiger partial charge in [0.05, 0.1) is 8.95 Å². The monoisotopic (exact) mass is 581 g/mol. The normalized spacial score (nSPS) is 12.7. The minimum Gasteiger partial charge on any atom is -0.485 e.